The Balaban J connectivity index is 2.55. The van der Waals surface area contributed by atoms with E-state index in [-0.39, 0.29) is 8.47 Å². The van der Waals surface area contributed by atoms with E-state index < -0.39 is 93.6 Å². The van der Waals surface area contributed by atoms with Crippen molar-refractivity contribution in [1.29, 1.82) is 0 Å². The number of hydrogen-bond acceptors (Lipinski definition) is 8. The van der Waals surface area contributed by atoms with Crippen molar-refractivity contribution in [2.75, 3.05) is 10.2 Å². The molecular weight excluding hydrogens is 650 g/mol. The molecule has 0 aliphatic heterocycles. The summed E-state index contributed by atoms with van der Waals surface area (Å²) in [4.78, 5) is 38.7. The summed E-state index contributed by atoms with van der Waals surface area (Å²) in [5, 5.41) is 21.3. The molecular formula is C23H24ClF3IN3O7-2. The first-order valence-electron chi connectivity index (χ1n) is 10.7. The minimum atomic E-state index is -1.81. The van der Waals surface area contributed by atoms with Gasteiger partial charge in [-0.25, -0.2) is 0 Å². The quantitative estimate of drug-likeness (QED) is 0.215. The first kappa shape index (κ1) is 31.6. The summed E-state index contributed by atoms with van der Waals surface area (Å²) in [6.07, 6.45) is -2.69. The Bertz CT molecular complexity index is 1220. The van der Waals surface area contributed by atoms with Crippen molar-refractivity contribution in [2.45, 2.75) is 52.7 Å². The average Bonchev–Trinajstić information content (AvgIpc) is 2.70. The molecule has 3 amide bonds. The fraction of sp³-hybridized carbons (Fsp3) is 0.348. The van der Waals surface area contributed by atoms with Crippen molar-refractivity contribution in [1.82, 2.24) is 3.44 Å². The first-order valence-corrected chi connectivity index (χ1v) is 13.1. The van der Waals surface area contributed by atoms with Gasteiger partial charge in [0.2, 0.25) is 0 Å². The second-order valence-electron chi connectivity index (χ2n) is 9.59. The van der Waals surface area contributed by atoms with Crippen LogP contribution in [-0.2, 0) is 9.47 Å². The van der Waals surface area contributed by atoms with Crippen molar-refractivity contribution < 1.29 is 63.7 Å². The Kier molecular flexibility index (Phi) is 9.99. The van der Waals surface area contributed by atoms with Crippen LogP contribution in [-0.4, -0.2) is 37.9 Å². The van der Waals surface area contributed by atoms with E-state index in [9.17, 15) is 32.8 Å². The summed E-state index contributed by atoms with van der Waals surface area (Å²) < 4.78 is 53.7. The molecule has 0 atom stereocenters. The van der Waals surface area contributed by atoms with Gasteiger partial charge in [0.1, 0.15) is 0 Å². The third-order valence-electron chi connectivity index (χ3n) is 4.09. The molecule has 0 aromatic heterocycles. The number of carbonyl (C=O) groups is 3. The van der Waals surface area contributed by atoms with E-state index in [1.54, 1.807) is 0 Å². The second-order valence-corrected chi connectivity index (χ2v) is 12.5. The summed E-state index contributed by atoms with van der Waals surface area (Å²) in [5.41, 5.74) is -4.29. The van der Waals surface area contributed by atoms with E-state index in [4.69, 9.17) is 26.3 Å². The van der Waals surface area contributed by atoms with Crippen LogP contribution in [0.25, 0.3) is 0 Å². The normalized spacial score (nSPS) is 11.9. The van der Waals surface area contributed by atoms with Crippen LogP contribution in [0.1, 0.15) is 51.9 Å². The molecule has 0 heterocycles. The zero-order valence-corrected chi connectivity index (χ0v) is 23.9. The Morgan fingerprint density at radius 1 is 0.921 bits per heavy atom. The van der Waals surface area contributed by atoms with E-state index in [0.29, 0.717) is 12.1 Å². The Morgan fingerprint density at radius 3 is 1.92 bits per heavy atom. The summed E-state index contributed by atoms with van der Waals surface area (Å²) in [5.74, 6) is -4.94. The SMILES string of the molecule is CC(C)(C)OC(=O)N(C(=O)OC(C)(C)C)c1cc(NC(=O)c2cc([I-]N([O-])O)cc(F)c2Cl)c(F)cc1F. The summed E-state index contributed by atoms with van der Waals surface area (Å²) in [6, 6.07) is 2.82. The number of benzene rings is 2. The number of nitrogens with zero attached hydrogens (tertiary/aromatic N) is 2. The monoisotopic (exact) mass is 673 g/mol. The topological polar surface area (TPSA) is 131 Å². The molecule has 0 aliphatic rings. The van der Waals surface area contributed by atoms with Gasteiger partial charge in [-0.2, -0.15) is 0 Å². The fourth-order valence-corrected chi connectivity index (χ4v) is 4.27. The van der Waals surface area contributed by atoms with Crippen LogP contribution in [0.5, 0.6) is 0 Å². The van der Waals surface area contributed by atoms with Gasteiger partial charge in [0.05, 0.1) is 0 Å². The van der Waals surface area contributed by atoms with Gasteiger partial charge in [-0.1, -0.05) is 0 Å². The first-order chi connectivity index (χ1) is 17.3. The van der Waals surface area contributed by atoms with Gasteiger partial charge in [-0.15, -0.1) is 0 Å². The van der Waals surface area contributed by atoms with E-state index in [1.165, 1.54) is 41.5 Å². The van der Waals surface area contributed by atoms with Gasteiger partial charge in [-0.3, -0.25) is 0 Å². The van der Waals surface area contributed by atoms with Crippen LogP contribution in [0, 0.1) is 26.2 Å². The number of anilines is 2. The molecule has 210 valence electrons. The van der Waals surface area contributed by atoms with Gasteiger partial charge >= 0.3 is 191 Å². The van der Waals surface area contributed by atoms with Crippen LogP contribution in [0.3, 0.4) is 0 Å². The van der Waals surface area contributed by atoms with E-state index in [0.717, 1.165) is 12.1 Å². The number of rotatable bonds is 5. The molecule has 2 aromatic carbocycles. The fourth-order valence-electron chi connectivity index (χ4n) is 2.73. The van der Waals surface area contributed by atoms with Crippen LogP contribution >= 0.6 is 11.6 Å². The molecule has 0 bridgehead atoms. The minimum absolute atomic E-state index is 0.0327. The molecule has 15 heteroatoms. The Hall–Kier alpha value is -2.66. The number of hydrogen-bond donors (Lipinski definition) is 2. The van der Waals surface area contributed by atoms with Gasteiger partial charge in [0, 0.05) is 0 Å². The molecule has 0 saturated heterocycles. The van der Waals surface area contributed by atoms with Crippen molar-refractivity contribution in [2.24, 2.45) is 0 Å². The molecule has 10 nitrogen and oxygen atoms in total. The van der Waals surface area contributed by atoms with Crippen molar-refractivity contribution in [3.63, 3.8) is 0 Å². The van der Waals surface area contributed by atoms with Gasteiger partial charge in [0.25, 0.3) is 0 Å². The third-order valence-corrected chi connectivity index (χ3v) is 6.06. The standard InChI is InChI=1S/C23H24ClF3IN3O7/c1-22(2,3)37-20(33)30(21(34)38-23(4,5)6)17-10-16(13(25)9-14(17)26)29-19(32)12-7-11(28-31(35)36)8-15(27)18(12)24/h7-10,35H,1-6H3,(H,29,32)/q-2. The third kappa shape index (κ3) is 8.69. The Labute approximate surface area is 231 Å². The molecule has 2 N–H and O–H groups in total. The van der Waals surface area contributed by atoms with Crippen molar-refractivity contribution >= 4 is 41.1 Å². The number of amides is 3. The van der Waals surface area contributed by atoms with Crippen LogP contribution in [0.2, 0.25) is 5.02 Å². The zero-order chi connectivity index (χ0) is 29.2. The Morgan fingerprint density at radius 2 is 1.45 bits per heavy atom. The number of ether oxygens (including phenoxy) is 2. The number of carbonyl (C=O) groups excluding carboxylic acids is 3. The number of nitrogens with one attached hydrogen (secondary N) is 1. The molecule has 0 fully saturated rings. The van der Waals surface area contributed by atoms with Crippen LogP contribution in [0.4, 0.5) is 34.1 Å². The number of imide groups is 1. The van der Waals surface area contributed by atoms with Crippen molar-refractivity contribution in [3.05, 3.63) is 61.1 Å². The molecule has 0 unspecified atom stereocenters. The molecule has 0 saturated carbocycles. The van der Waals surface area contributed by atoms with Gasteiger partial charge in [-0.05, 0) is 41.5 Å². The molecule has 0 radical (unpaired) electrons. The predicted octanol–water partition coefficient (Wildman–Crippen LogP) is 3.05. The van der Waals surface area contributed by atoms with Crippen LogP contribution < -0.4 is 31.7 Å². The van der Waals surface area contributed by atoms with E-state index >= 15 is 0 Å². The van der Waals surface area contributed by atoms with E-state index in [2.05, 4.69) is 5.32 Å². The maximum absolute atomic E-state index is 14.9. The average molecular weight is 674 g/mol. The summed E-state index contributed by atoms with van der Waals surface area (Å²) in [7, 11) is 0. The summed E-state index contributed by atoms with van der Waals surface area (Å²) >= 11 is 4.05. The zero-order valence-electron chi connectivity index (χ0n) is 21.0. The molecule has 2 aromatic rings. The van der Waals surface area contributed by atoms with Crippen molar-refractivity contribution in [3.8, 4) is 0 Å². The molecule has 0 spiro atoms. The van der Waals surface area contributed by atoms with Gasteiger partial charge < -0.3 is 0 Å². The summed E-state index contributed by atoms with van der Waals surface area (Å²) in [6.45, 7) is 8.96. The van der Waals surface area contributed by atoms with E-state index in [1.807, 2.05) is 0 Å². The van der Waals surface area contributed by atoms with Gasteiger partial charge in [0.15, 0.2) is 0 Å². The molecule has 38 heavy (non-hydrogen) atoms. The maximum atomic E-state index is 14.9. The van der Waals surface area contributed by atoms with Crippen LogP contribution in [0.15, 0.2) is 24.3 Å². The number of halogens is 5. The second kappa shape index (κ2) is 12.0. The molecule has 0 aliphatic carbocycles. The molecule has 2 rings (SSSR count). The predicted molar refractivity (Wildman–Crippen MR) is 126 cm³/mol.